The summed E-state index contributed by atoms with van der Waals surface area (Å²) < 4.78 is 80.0. The topological polar surface area (TPSA) is 59.4 Å². The highest BCUT2D eigenvalue weighted by molar-refractivity contribution is 5.90. The summed E-state index contributed by atoms with van der Waals surface area (Å²) >= 11 is 0. The quantitative estimate of drug-likeness (QED) is 0.384. The van der Waals surface area contributed by atoms with Crippen LogP contribution in [0.5, 0.6) is 0 Å². The number of rotatable bonds is 6. The first-order chi connectivity index (χ1) is 18.4. The van der Waals surface area contributed by atoms with E-state index in [2.05, 4.69) is 16.3 Å². The molecule has 2 aliphatic rings. The van der Waals surface area contributed by atoms with Gasteiger partial charge in [0.1, 0.15) is 0 Å². The minimum atomic E-state index is -5.00. The van der Waals surface area contributed by atoms with Gasteiger partial charge in [0, 0.05) is 24.8 Å². The SMILES string of the molecule is N#Cc1cccc(C2CCC(N(CCN3CCCC3)C(=O)Nc3cc(C(F)(F)F)cc(C(F)(F)F)c3)CC2)c1. The minimum Gasteiger partial charge on any atom is -0.320 e. The number of benzene rings is 2. The first-order valence-corrected chi connectivity index (χ1v) is 13.0. The van der Waals surface area contributed by atoms with Crippen molar-refractivity contribution in [1.29, 1.82) is 5.26 Å². The second kappa shape index (κ2) is 11.9. The number of amides is 2. The zero-order valence-electron chi connectivity index (χ0n) is 21.3. The third kappa shape index (κ3) is 7.44. The van der Waals surface area contributed by atoms with Crippen molar-refractivity contribution in [3.05, 3.63) is 64.7 Å². The third-order valence-corrected chi connectivity index (χ3v) is 7.58. The van der Waals surface area contributed by atoms with E-state index >= 15 is 0 Å². The average Bonchev–Trinajstić information content (AvgIpc) is 3.42. The molecule has 1 saturated heterocycles. The van der Waals surface area contributed by atoms with Gasteiger partial charge in [-0.1, -0.05) is 12.1 Å². The Bertz CT molecular complexity index is 1160. The number of nitriles is 1. The smallest absolute Gasteiger partial charge is 0.320 e. The maximum absolute atomic E-state index is 13.4. The van der Waals surface area contributed by atoms with Gasteiger partial charge in [-0.25, -0.2) is 4.79 Å². The van der Waals surface area contributed by atoms with Crippen LogP contribution in [0.15, 0.2) is 42.5 Å². The highest BCUT2D eigenvalue weighted by atomic mass is 19.4. The number of nitrogens with zero attached hydrogens (tertiary/aromatic N) is 3. The molecule has 1 aliphatic heterocycles. The van der Waals surface area contributed by atoms with Crippen LogP contribution in [0.4, 0.5) is 36.8 Å². The van der Waals surface area contributed by atoms with E-state index in [9.17, 15) is 36.4 Å². The summed E-state index contributed by atoms with van der Waals surface area (Å²) in [5.74, 6) is 0.204. The van der Waals surface area contributed by atoms with Gasteiger partial charge in [0.15, 0.2) is 0 Å². The van der Waals surface area contributed by atoms with E-state index in [0.717, 1.165) is 44.3 Å². The molecule has 4 rings (SSSR count). The molecule has 2 amide bonds. The van der Waals surface area contributed by atoms with Gasteiger partial charge < -0.3 is 15.1 Å². The molecule has 1 aliphatic carbocycles. The number of anilines is 1. The fourth-order valence-corrected chi connectivity index (χ4v) is 5.51. The molecule has 0 aromatic heterocycles. The Morgan fingerprint density at radius 1 is 0.949 bits per heavy atom. The molecule has 0 bridgehead atoms. The van der Waals surface area contributed by atoms with Crippen molar-refractivity contribution in [2.75, 3.05) is 31.5 Å². The standard InChI is InChI=1S/C28H30F6N4O/c29-27(30,31)22-15-23(28(32,33)34)17-24(16-22)36-26(39)38(13-12-37-10-1-2-11-37)25-8-6-20(7-9-25)21-5-3-4-19(14-21)18-35/h3-5,14-17,20,25H,1-2,6-13H2,(H,36,39). The van der Waals surface area contributed by atoms with Crippen LogP contribution in [0.25, 0.3) is 0 Å². The second-order valence-electron chi connectivity index (χ2n) is 10.2. The zero-order valence-corrected chi connectivity index (χ0v) is 21.3. The molecular weight excluding hydrogens is 522 g/mol. The summed E-state index contributed by atoms with van der Waals surface area (Å²) in [7, 11) is 0. The number of nitrogens with one attached hydrogen (secondary N) is 1. The molecule has 39 heavy (non-hydrogen) atoms. The molecule has 0 atom stereocenters. The van der Waals surface area contributed by atoms with Gasteiger partial charge >= 0.3 is 18.4 Å². The Hall–Kier alpha value is -3.26. The Morgan fingerprint density at radius 2 is 1.56 bits per heavy atom. The van der Waals surface area contributed by atoms with E-state index in [-0.39, 0.29) is 18.0 Å². The summed E-state index contributed by atoms with van der Waals surface area (Å²) in [6.07, 6.45) is -5.16. The number of carbonyl (C=O) groups excluding carboxylic acids is 1. The highest BCUT2D eigenvalue weighted by Gasteiger charge is 2.37. The lowest BCUT2D eigenvalue weighted by molar-refractivity contribution is -0.143. The van der Waals surface area contributed by atoms with Gasteiger partial charge in [-0.05, 0) is 93.4 Å². The summed E-state index contributed by atoms with van der Waals surface area (Å²) in [5.41, 5.74) is -1.88. The molecule has 2 aromatic rings. The first kappa shape index (κ1) is 28.7. The number of hydrogen-bond acceptors (Lipinski definition) is 3. The Kier molecular flexibility index (Phi) is 8.74. The number of urea groups is 1. The van der Waals surface area contributed by atoms with Crippen molar-refractivity contribution in [3.63, 3.8) is 0 Å². The summed E-state index contributed by atoms with van der Waals surface area (Å²) in [4.78, 5) is 17.1. The lowest BCUT2D eigenvalue weighted by atomic mass is 9.81. The maximum Gasteiger partial charge on any atom is 0.416 e. The van der Waals surface area contributed by atoms with Crippen molar-refractivity contribution in [2.45, 2.75) is 62.8 Å². The molecule has 0 radical (unpaired) electrons. The fraction of sp³-hybridized carbons (Fsp3) is 0.500. The molecule has 0 unspecified atom stereocenters. The predicted octanol–water partition coefficient (Wildman–Crippen LogP) is 7.25. The van der Waals surface area contributed by atoms with Crippen LogP contribution >= 0.6 is 0 Å². The number of halogens is 6. The van der Waals surface area contributed by atoms with E-state index in [1.807, 2.05) is 18.2 Å². The number of hydrogen-bond donors (Lipinski definition) is 1. The minimum absolute atomic E-state index is 0.0450. The van der Waals surface area contributed by atoms with Gasteiger partial charge in [0.2, 0.25) is 0 Å². The lowest BCUT2D eigenvalue weighted by Crippen LogP contribution is -2.47. The van der Waals surface area contributed by atoms with E-state index < -0.39 is 35.2 Å². The van der Waals surface area contributed by atoms with Crippen LogP contribution in [-0.2, 0) is 12.4 Å². The fourth-order valence-electron chi connectivity index (χ4n) is 5.51. The largest absolute Gasteiger partial charge is 0.416 e. The van der Waals surface area contributed by atoms with Gasteiger partial charge in [-0.15, -0.1) is 0 Å². The van der Waals surface area contributed by atoms with Crippen molar-refractivity contribution < 1.29 is 31.1 Å². The van der Waals surface area contributed by atoms with Gasteiger partial charge in [0.05, 0.1) is 22.8 Å². The normalized spacial score (nSPS) is 20.4. The van der Waals surface area contributed by atoms with E-state index in [0.29, 0.717) is 43.6 Å². The van der Waals surface area contributed by atoms with E-state index in [4.69, 9.17) is 0 Å². The van der Waals surface area contributed by atoms with E-state index in [1.54, 1.807) is 11.0 Å². The second-order valence-corrected chi connectivity index (χ2v) is 10.2. The van der Waals surface area contributed by atoms with Crippen LogP contribution in [0.2, 0.25) is 0 Å². The molecule has 2 fully saturated rings. The Labute approximate surface area is 223 Å². The molecular formula is C28H30F6N4O. The van der Waals surface area contributed by atoms with Crippen LogP contribution in [0.3, 0.4) is 0 Å². The Morgan fingerprint density at radius 3 is 2.13 bits per heavy atom. The number of likely N-dealkylation sites (tertiary alicyclic amines) is 1. The van der Waals surface area contributed by atoms with Crippen LogP contribution in [-0.4, -0.2) is 48.1 Å². The molecule has 1 heterocycles. The molecule has 2 aromatic carbocycles. The summed E-state index contributed by atoms with van der Waals surface area (Å²) in [6.45, 7) is 2.67. The van der Waals surface area contributed by atoms with Crippen molar-refractivity contribution >= 4 is 11.7 Å². The number of alkyl halides is 6. The van der Waals surface area contributed by atoms with Crippen molar-refractivity contribution in [1.82, 2.24) is 9.80 Å². The van der Waals surface area contributed by atoms with E-state index in [1.165, 1.54) is 0 Å². The van der Waals surface area contributed by atoms with Crippen molar-refractivity contribution in [2.24, 2.45) is 0 Å². The van der Waals surface area contributed by atoms with Crippen molar-refractivity contribution in [3.8, 4) is 6.07 Å². The van der Waals surface area contributed by atoms with Gasteiger partial charge in [-0.2, -0.15) is 31.6 Å². The molecule has 210 valence electrons. The summed E-state index contributed by atoms with van der Waals surface area (Å²) in [5, 5.41) is 11.5. The van der Waals surface area contributed by atoms with Gasteiger partial charge in [-0.3, -0.25) is 0 Å². The molecule has 11 heteroatoms. The first-order valence-electron chi connectivity index (χ1n) is 13.0. The van der Waals surface area contributed by atoms with Crippen LogP contribution in [0.1, 0.15) is 66.7 Å². The Balaban J connectivity index is 1.52. The van der Waals surface area contributed by atoms with Crippen LogP contribution in [0, 0.1) is 11.3 Å². The highest BCUT2D eigenvalue weighted by Crippen LogP contribution is 2.38. The third-order valence-electron chi connectivity index (χ3n) is 7.58. The predicted molar refractivity (Wildman–Crippen MR) is 134 cm³/mol. The zero-order chi connectivity index (χ0) is 28.2. The maximum atomic E-state index is 13.4. The monoisotopic (exact) mass is 552 g/mol. The average molecular weight is 553 g/mol. The van der Waals surface area contributed by atoms with Gasteiger partial charge in [0.25, 0.3) is 0 Å². The van der Waals surface area contributed by atoms with Crippen LogP contribution < -0.4 is 5.32 Å². The molecule has 0 spiro atoms. The lowest BCUT2D eigenvalue weighted by Gasteiger charge is -2.38. The molecule has 1 saturated carbocycles. The number of carbonyl (C=O) groups is 1. The summed E-state index contributed by atoms with van der Waals surface area (Å²) in [6, 6.07) is 9.71. The molecule has 1 N–H and O–H groups in total. The molecule has 5 nitrogen and oxygen atoms in total.